The fourth-order valence-corrected chi connectivity index (χ4v) is 3.32. The van der Waals surface area contributed by atoms with Crippen molar-refractivity contribution in [3.63, 3.8) is 0 Å². The molecule has 3 N–H and O–H groups in total. The molecule has 0 saturated carbocycles. The van der Waals surface area contributed by atoms with Gasteiger partial charge < -0.3 is 19.7 Å². The molecule has 4 atom stereocenters. The average molecular weight is 402 g/mol. The second kappa shape index (κ2) is 8.73. The largest absolute Gasteiger partial charge is 0.449 e. The first-order valence-electron chi connectivity index (χ1n) is 9.50. The first kappa shape index (κ1) is 21.0. The SMILES string of the molecule is [CH2][C@H]1O[C@@](C#N)(c2ccc3c(NC(=O)OCCCCCC)ncnn23)[C@H](O)[C@@H]1O. The molecule has 1 fully saturated rings. The summed E-state index contributed by atoms with van der Waals surface area (Å²) in [7, 11) is 0. The second-order valence-electron chi connectivity index (χ2n) is 6.89. The lowest BCUT2D eigenvalue weighted by Gasteiger charge is -2.24. The van der Waals surface area contributed by atoms with Gasteiger partial charge in [0.2, 0.25) is 5.60 Å². The maximum Gasteiger partial charge on any atom is 0.412 e. The Balaban J connectivity index is 1.81. The second-order valence-corrected chi connectivity index (χ2v) is 6.89. The zero-order valence-electron chi connectivity index (χ0n) is 16.1. The maximum atomic E-state index is 12.0. The van der Waals surface area contributed by atoms with Crippen LogP contribution < -0.4 is 5.32 Å². The van der Waals surface area contributed by atoms with Gasteiger partial charge in [0, 0.05) is 0 Å². The van der Waals surface area contributed by atoms with E-state index >= 15 is 0 Å². The summed E-state index contributed by atoms with van der Waals surface area (Å²) in [4.78, 5) is 16.1. The van der Waals surface area contributed by atoms with Crippen molar-refractivity contribution in [2.75, 3.05) is 11.9 Å². The number of ether oxygens (including phenoxy) is 2. The lowest BCUT2D eigenvalue weighted by Crippen LogP contribution is -2.40. The van der Waals surface area contributed by atoms with Gasteiger partial charge in [-0.3, -0.25) is 5.32 Å². The molecular formula is C19H24N5O5. The minimum atomic E-state index is -1.86. The van der Waals surface area contributed by atoms with Crippen molar-refractivity contribution >= 4 is 17.4 Å². The van der Waals surface area contributed by atoms with Crippen molar-refractivity contribution in [1.29, 1.82) is 5.26 Å². The standard InChI is InChI=1S/C19H24N5O5/c1-3-4-5-6-9-28-18(27)23-17-13-7-8-14(24(13)22-11-21-17)19(10-20)16(26)15(25)12(2)29-19/h7-8,11-12,15-16,25-26H,2-6,9H2,1H3,(H,21,22,23,27)/t12-,15-,16-,19+/m1/s1. The number of nitrogens with one attached hydrogen (secondary N) is 1. The van der Waals surface area contributed by atoms with Gasteiger partial charge in [0.1, 0.15) is 30.1 Å². The average Bonchev–Trinajstić information content (AvgIpc) is 3.24. The molecule has 155 valence electrons. The summed E-state index contributed by atoms with van der Waals surface area (Å²) in [5, 5.41) is 36.8. The van der Waals surface area contributed by atoms with Gasteiger partial charge in [0.05, 0.1) is 18.4 Å². The highest BCUT2D eigenvalue weighted by Gasteiger charge is 2.56. The van der Waals surface area contributed by atoms with E-state index in [4.69, 9.17) is 9.47 Å². The van der Waals surface area contributed by atoms with Crippen LogP contribution in [-0.2, 0) is 15.1 Å². The van der Waals surface area contributed by atoms with Gasteiger partial charge in [0.25, 0.3) is 0 Å². The van der Waals surface area contributed by atoms with Crippen LogP contribution in [0.4, 0.5) is 10.6 Å². The normalized spacial score (nSPS) is 26.4. The molecule has 0 bridgehead atoms. The Morgan fingerprint density at radius 3 is 2.90 bits per heavy atom. The number of anilines is 1. The van der Waals surface area contributed by atoms with E-state index in [1.165, 1.54) is 16.9 Å². The molecule has 0 aromatic carbocycles. The number of hydrogen-bond acceptors (Lipinski definition) is 8. The fraction of sp³-hybridized carbons (Fsp3) is 0.526. The number of unbranched alkanes of at least 4 members (excludes halogenated alkanes) is 3. The molecule has 2 aromatic rings. The minimum Gasteiger partial charge on any atom is -0.449 e. The van der Waals surface area contributed by atoms with E-state index in [1.54, 1.807) is 6.07 Å². The van der Waals surface area contributed by atoms with Crippen LogP contribution in [0, 0.1) is 18.3 Å². The zero-order chi connectivity index (χ0) is 21.0. The summed E-state index contributed by atoms with van der Waals surface area (Å²) >= 11 is 0. The van der Waals surface area contributed by atoms with Gasteiger partial charge in [-0.2, -0.15) is 10.4 Å². The Kier molecular flexibility index (Phi) is 6.32. The minimum absolute atomic E-state index is 0.178. The van der Waals surface area contributed by atoms with Crippen molar-refractivity contribution in [1.82, 2.24) is 14.6 Å². The predicted octanol–water partition coefficient (Wildman–Crippen LogP) is 1.53. The summed E-state index contributed by atoms with van der Waals surface area (Å²) in [5.41, 5.74) is -1.30. The van der Waals surface area contributed by atoms with Crippen LogP contribution in [-0.4, -0.2) is 55.8 Å². The van der Waals surface area contributed by atoms with Crippen molar-refractivity contribution < 1.29 is 24.5 Å². The lowest BCUT2D eigenvalue weighted by molar-refractivity contribution is -0.0407. The molecule has 10 heteroatoms. The molecule has 0 aliphatic carbocycles. The van der Waals surface area contributed by atoms with Gasteiger partial charge in [-0.15, -0.1) is 0 Å². The van der Waals surface area contributed by atoms with Gasteiger partial charge in [-0.1, -0.05) is 26.2 Å². The quantitative estimate of drug-likeness (QED) is 0.592. The van der Waals surface area contributed by atoms with Crippen LogP contribution >= 0.6 is 0 Å². The third-order valence-electron chi connectivity index (χ3n) is 4.91. The summed E-state index contributed by atoms with van der Waals surface area (Å²) in [6.07, 6.45) is 0.652. The van der Waals surface area contributed by atoms with Crippen molar-refractivity contribution in [2.24, 2.45) is 0 Å². The molecule has 0 spiro atoms. The van der Waals surface area contributed by atoms with Crippen LogP contribution in [0.2, 0.25) is 0 Å². The molecule has 1 saturated heterocycles. The predicted molar refractivity (Wildman–Crippen MR) is 102 cm³/mol. The topological polar surface area (TPSA) is 142 Å². The molecule has 1 radical (unpaired) electrons. The molecule has 1 aliphatic heterocycles. The Labute approximate surface area is 168 Å². The monoisotopic (exact) mass is 402 g/mol. The van der Waals surface area contributed by atoms with E-state index in [2.05, 4.69) is 29.2 Å². The van der Waals surface area contributed by atoms with E-state index in [-0.39, 0.29) is 11.5 Å². The van der Waals surface area contributed by atoms with E-state index in [9.17, 15) is 20.3 Å². The van der Waals surface area contributed by atoms with Crippen molar-refractivity contribution in [3.05, 3.63) is 31.1 Å². The molecule has 1 aliphatic rings. The number of rotatable bonds is 7. The molecule has 10 nitrogen and oxygen atoms in total. The smallest absolute Gasteiger partial charge is 0.412 e. The number of fused-ring (bicyclic) bond motifs is 1. The molecule has 3 rings (SSSR count). The summed E-state index contributed by atoms with van der Waals surface area (Å²) in [5.74, 6) is 0.178. The number of aromatic nitrogens is 3. The number of aliphatic hydroxyl groups is 2. The van der Waals surface area contributed by atoms with Crippen molar-refractivity contribution in [2.45, 2.75) is 56.5 Å². The van der Waals surface area contributed by atoms with Crippen LogP contribution in [0.3, 0.4) is 0 Å². The first-order valence-corrected chi connectivity index (χ1v) is 9.50. The lowest BCUT2D eigenvalue weighted by atomic mass is 9.93. The highest BCUT2D eigenvalue weighted by molar-refractivity contribution is 5.88. The van der Waals surface area contributed by atoms with Crippen LogP contribution in [0.15, 0.2) is 18.5 Å². The van der Waals surface area contributed by atoms with E-state index < -0.39 is 30.0 Å². The van der Waals surface area contributed by atoms with Gasteiger partial charge in [-0.05, 0) is 25.5 Å². The van der Waals surface area contributed by atoms with E-state index in [0.717, 1.165) is 25.7 Å². The van der Waals surface area contributed by atoms with Crippen LogP contribution in [0.25, 0.3) is 5.52 Å². The number of hydrogen-bond donors (Lipinski definition) is 3. The zero-order valence-corrected chi connectivity index (χ0v) is 16.1. The number of nitriles is 1. The van der Waals surface area contributed by atoms with Crippen molar-refractivity contribution in [3.8, 4) is 6.07 Å². The van der Waals surface area contributed by atoms with E-state index in [1.807, 2.05) is 6.07 Å². The highest BCUT2D eigenvalue weighted by Crippen LogP contribution is 2.40. The van der Waals surface area contributed by atoms with E-state index in [0.29, 0.717) is 12.1 Å². The Morgan fingerprint density at radius 1 is 1.45 bits per heavy atom. The molecule has 2 aromatic heterocycles. The molecule has 1 amide bonds. The highest BCUT2D eigenvalue weighted by atomic mass is 16.6. The van der Waals surface area contributed by atoms with Gasteiger partial charge >= 0.3 is 6.09 Å². The summed E-state index contributed by atoms with van der Waals surface area (Å²) in [6, 6.07) is 5.01. The third-order valence-corrected chi connectivity index (χ3v) is 4.91. The Morgan fingerprint density at radius 2 is 2.24 bits per heavy atom. The molecule has 29 heavy (non-hydrogen) atoms. The van der Waals surface area contributed by atoms with Gasteiger partial charge in [-0.25, -0.2) is 14.3 Å². The fourth-order valence-electron chi connectivity index (χ4n) is 3.32. The number of carbonyl (C=O) groups is 1. The first-order chi connectivity index (χ1) is 13.9. The van der Waals surface area contributed by atoms with Crippen LogP contribution in [0.5, 0.6) is 0 Å². The van der Waals surface area contributed by atoms with Crippen LogP contribution in [0.1, 0.15) is 38.3 Å². The number of aliphatic hydroxyl groups excluding tert-OH is 2. The summed E-state index contributed by atoms with van der Waals surface area (Å²) < 4.78 is 12.0. The third kappa shape index (κ3) is 3.89. The number of nitrogens with zero attached hydrogens (tertiary/aromatic N) is 4. The Bertz CT molecular complexity index is 910. The Hall–Kier alpha value is -2.74. The molecular weight excluding hydrogens is 378 g/mol. The molecule has 0 unspecified atom stereocenters. The summed E-state index contributed by atoms with van der Waals surface area (Å²) in [6.45, 7) is 6.01. The maximum absolute atomic E-state index is 12.0. The van der Waals surface area contributed by atoms with Gasteiger partial charge in [0.15, 0.2) is 5.82 Å². The number of carbonyl (C=O) groups excluding carboxylic acids is 1. The molecule has 3 heterocycles. The number of amides is 1.